The van der Waals surface area contributed by atoms with E-state index in [-0.39, 0.29) is 17.8 Å². The van der Waals surface area contributed by atoms with Crippen molar-refractivity contribution in [1.29, 1.82) is 0 Å². The minimum Gasteiger partial charge on any atom is -0.484 e. The molecule has 2 aromatic rings. The van der Waals surface area contributed by atoms with Gasteiger partial charge < -0.3 is 4.74 Å². The van der Waals surface area contributed by atoms with E-state index in [1.54, 1.807) is 18.2 Å². The van der Waals surface area contributed by atoms with Crippen LogP contribution in [0.3, 0.4) is 0 Å². The molecular weight excluding hydrogens is 281 g/mol. The van der Waals surface area contributed by atoms with E-state index in [2.05, 4.69) is 0 Å². The van der Waals surface area contributed by atoms with Crippen LogP contribution in [0.2, 0.25) is 0 Å². The topological polar surface area (TPSA) is 26.3 Å². The molecule has 0 N–H and O–H groups in total. The molecule has 1 aliphatic rings. The van der Waals surface area contributed by atoms with E-state index in [0.717, 1.165) is 11.6 Å². The third-order valence-corrected chi connectivity index (χ3v) is 3.46. The fourth-order valence-electron chi connectivity index (χ4n) is 2.40. The lowest BCUT2D eigenvalue weighted by Gasteiger charge is -2.26. The first-order valence-corrected chi connectivity index (χ1v) is 6.40. The zero-order valence-corrected chi connectivity index (χ0v) is 11.1. The largest absolute Gasteiger partial charge is 0.484 e. The minimum atomic E-state index is -1.27. The molecule has 1 aliphatic heterocycles. The van der Waals surface area contributed by atoms with E-state index in [4.69, 9.17) is 4.74 Å². The minimum absolute atomic E-state index is 0.113. The summed E-state index contributed by atoms with van der Waals surface area (Å²) in [4.78, 5) is 12.1. The number of Topliss-reactive ketones (excluding diaryl/α,β-unsaturated/α-hetero) is 1. The highest BCUT2D eigenvalue weighted by atomic mass is 19.2. The molecule has 0 fully saturated rings. The van der Waals surface area contributed by atoms with Crippen molar-refractivity contribution in [3.8, 4) is 5.75 Å². The van der Waals surface area contributed by atoms with Crippen LogP contribution in [0.5, 0.6) is 5.75 Å². The number of halogens is 3. The van der Waals surface area contributed by atoms with Crippen LogP contribution in [-0.2, 0) is 0 Å². The summed E-state index contributed by atoms with van der Waals surface area (Å²) in [5, 5.41) is 0. The Kier molecular flexibility index (Phi) is 3.20. The van der Waals surface area contributed by atoms with E-state index in [9.17, 15) is 18.0 Å². The Balaban J connectivity index is 2.02. The highest BCUT2D eigenvalue weighted by Gasteiger charge is 2.30. The van der Waals surface area contributed by atoms with Crippen LogP contribution >= 0.6 is 0 Å². The van der Waals surface area contributed by atoms with Crippen LogP contribution in [0.4, 0.5) is 13.2 Å². The van der Waals surface area contributed by atoms with Crippen molar-refractivity contribution < 1.29 is 22.7 Å². The maximum absolute atomic E-state index is 13.8. The monoisotopic (exact) mass is 292 g/mol. The third-order valence-electron chi connectivity index (χ3n) is 3.46. The molecule has 0 saturated heterocycles. The SMILES string of the molecule is Cc1ccc2c(c1)C(=O)CC(c1cc(F)c(F)cc1F)O2. The van der Waals surface area contributed by atoms with Crippen molar-refractivity contribution in [2.24, 2.45) is 0 Å². The molecule has 0 bridgehead atoms. The first kappa shape index (κ1) is 13.7. The lowest BCUT2D eigenvalue weighted by atomic mass is 9.95. The Labute approximate surface area is 119 Å². The molecule has 2 nitrogen and oxygen atoms in total. The Hall–Kier alpha value is -2.30. The van der Waals surface area contributed by atoms with Crippen LogP contribution in [-0.4, -0.2) is 5.78 Å². The van der Waals surface area contributed by atoms with E-state index in [1.807, 2.05) is 6.92 Å². The molecule has 2 aromatic carbocycles. The van der Waals surface area contributed by atoms with E-state index >= 15 is 0 Å². The van der Waals surface area contributed by atoms with E-state index in [1.165, 1.54) is 0 Å². The zero-order chi connectivity index (χ0) is 15.1. The summed E-state index contributed by atoms with van der Waals surface area (Å²) in [6.45, 7) is 1.84. The van der Waals surface area contributed by atoms with Crippen molar-refractivity contribution in [3.63, 3.8) is 0 Å². The summed E-state index contributed by atoms with van der Waals surface area (Å²) in [5.41, 5.74) is 1.17. The van der Waals surface area contributed by atoms with Gasteiger partial charge in [0.25, 0.3) is 0 Å². The Morgan fingerprint density at radius 1 is 1.05 bits per heavy atom. The van der Waals surface area contributed by atoms with Gasteiger partial charge in [-0.3, -0.25) is 4.79 Å². The van der Waals surface area contributed by atoms with Crippen LogP contribution in [0, 0.1) is 24.4 Å². The maximum atomic E-state index is 13.8. The van der Waals surface area contributed by atoms with Crippen molar-refractivity contribution >= 4 is 5.78 Å². The quantitative estimate of drug-likeness (QED) is 0.739. The second-order valence-corrected chi connectivity index (χ2v) is 5.02. The molecule has 0 spiro atoms. The summed E-state index contributed by atoms with van der Waals surface area (Å²) in [6, 6.07) is 6.27. The van der Waals surface area contributed by atoms with Gasteiger partial charge in [-0.2, -0.15) is 0 Å². The van der Waals surface area contributed by atoms with Crippen LogP contribution < -0.4 is 4.74 Å². The van der Waals surface area contributed by atoms with Gasteiger partial charge in [-0.1, -0.05) is 11.6 Å². The summed E-state index contributed by atoms with van der Waals surface area (Å²) in [7, 11) is 0. The number of ketones is 1. The summed E-state index contributed by atoms with van der Waals surface area (Å²) in [6.07, 6.45) is -1.07. The fraction of sp³-hybridized carbons (Fsp3) is 0.188. The van der Waals surface area contributed by atoms with Crippen LogP contribution in [0.15, 0.2) is 30.3 Å². The first-order valence-electron chi connectivity index (χ1n) is 6.40. The molecule has 0 amide bonds. The van der Waals surface area contributed by atoms with Crippen molar-refractivity contribution in [3.05, 3.63) is 64.5 Å². The lowest BCUT2D eigenvalue weighted by molar-refractivity contribution is 0.0845. The van der Waals surface area contributed by atoms with Gasteiger partial charge in [-0.25, -0.2) is 13.2 Å². The number of hydrogen-bond acceptors (Lipinski definition) is 2. The standard InChI is InChI=1S/C16H11F3O2/c1-8-2-3-15-10(4-8)14(20)7-16(21-15)9-5-12(18)13(19)6-11(9)17/h2-6,16H,7H2,1H3. The summed E-state index contributed by atoms with van der Waals surface area (Å²) >= 11 is 0. The number of benzene rings is 2. The second-order valence-electron chi connectivity index (χ2n) is 5.02. The van der Waals surface area contributed by atoms with Crippen molar-refractivity contribution in [1.82, 2.24) is 0 Å². The van der Waals surface area contributed by atoms with Gasteiger partial charge in [0.1, 0.15) is 17.7 Å². The molecule has 108 valence electrons. The highest BCUT2D eigenvalue weighted by molar-refractivity contribution is 6.00. The molecule has 0 saturated carbocycles. The molecule has 0 radical (unpaired) electrons. The highest BCUT2D eigenvalue weighted by Crippen LogP contribution is 2.36. The number of carbonyl (C=O) groups is 1. The Morgan fingerprint density at radius 2 is 1.76 bits per heavy atom. The Morgan fingerprint density at radius 3 is 2.52 bits per heavy atom. The number of hydrogen-bond donors (Lipinski definition) is 0. The van der Waals surface area contributed by atoms with Gasteiger partial charge in [0.2, 0.25) is 0 Å². The normalized spacial score (nSPS) is 17.3. The fourth-order valence-corrected chi connectivity index (χ4v) is 2.40. The molecule has 21 heavy (non-hydrogen) atoms. The number of aryl methyl sites for hydroxylation is 1. The predicted molar refractivity (Wildman–Crippen MR) is 69.8 cm³/mol. The summed E-state index contributed by atoms with van der Waals surface area (Å²) < 4.78 is 45.6. The van der Waals surface area contributed by atoms with Crippen LogP contribution in [0.25, 0.3) is 0 Å². The second kappa shape index (κ2) is 4.91. The van der Waals surface area contributed by atoms with Crippen molar-refractivity contribution in [2.45, 2.75) is 19.4 Å². The molecule has 1 atom stereocenters. The maximum Gasteiger partial charge on any atom is 0.170 e. The molecule has 3 rings (SSSR count). The van der Waals surface area contributed by atoms with E-state index < -0.39 is 23.6 Å². The molecule has 0 aliphatic carbocycles. The van der Waals surface area contributed by atoms with Gasteiger partial charge in [0, 0.05) is 11.6 Å². The number of carbonyl (C=O) groups excluding carboxylic acids is 1. The van der Waals surface area contributed by atoms with Gasteiger partial charge >= 0.3 is 0 Å². The third kappa shape index (κ3) is 2.39. The average Bonchev–Trinajstić information content (AvgIpc) is 2.43. The van der Waals surface area contributed by atoms with Gasteiger partial charge in [-0.15, -0.1) is 0 Å². The molecule has 1 unspecified atom stereocenters. The first-order chi connectivity index (χ1) is 9.95. The smallest absolute Gasteiger partial charge is 0.170 e. The average molecular weight is 292 g/mol. The van der Waals surface area contributed by atoms with Crippen LogP contribution in [0.1, 0.15) is 34.0 Å². The zero-order valence-electron chi connectivity index (χ0n) is 11.1. The lowest BCUT2D eigenvalue weighted by Crippen LogP contribution is -2.21. The van der Waals surface area contributed by atoms with Gasteiger partial charge in [0.15, 0.2) is 17.4 Å². The van der Waals surface area contributed by atoms with Crippen molar-refractivity contribution in [2.75, 3.05) is 0 Å². The molecular formula is C16H11F3O2. The number of fused-ring (bicyclic) bond motifs is 1. The predicted octanol–water partition coefficient (Wildman–Crippen LogP) is 4.12. The van der Waals surface area contributed by atoms with Gasteiger partial charge in [0.05, 0.1) is 12.0 Å². The van der Waals surface area contributed by atoms with E-state index in [0.29, 0.717) is 17.4 Å². The summed E-state index contributed by atoms with van der Waals surface area (Å²) in [5.74, 6) is -3.26. The Bertz CT molecular complexity index is 741. The molecule has 5 heteroatoms. The molecule has 1 heterocycles. The number of ether oxygens (including phenoxy) is 1. The number of rotatable bonds is 1. The van der Waals surface area contributed by atoms with Gasteiger partial charge in [-0.05, 0) is 25.1 Å². The molecule has 0 aromatic heterocycles.